The lowest BCUT2D eigenvalue weighted by Gasteiger charge is -2.38. The van der Waals surface area contributed by atoms with Gasteiger partial charge in [-0.05, 0) is 6.07 Å². The number of aliphatic imine (C=N–C) groups is 1. The summed E-state index contributed by atoms with van der Waals surface area (Å²) in [6.07, 6.45) is 0.190. The van der Waals surface area contributed by atoms with Crippen molar-refractivity contribution >= 4 is 17.4 Å². The molecule has 1 aromatic heterocycles. The van der Waals surface area contributed by atoms with E-state index >= 15 is 0 Å². The number of alkyl halides is 2. The number of aromatic nitrogens is 1. The van der Waals surface area contributed by atoms with Gasteiger partial charge in [0.1, 0.15) is 11.7 Å². The number of hydrogen-bond donors (Lipinski definition) is 2. The molecule has 8 nitrogen and oxygen atoms in total. The highest BCUT2D eigenvalue weighted by Crippen LogP contribution is 2.30. The van der Waals surface area contributed by atoms with Crippen molar-refractivity contribution in [3.05, 3.63) is 29.5 Å². The van der Waals surface area contributed by atoms with Crippen LogP contribution >= 0.6 is 0 Å². The Hall–Kier alpha value is -2.30. The van der Waals surface area contributed by atoms with Crippen molar-refractivity contribution in [3.8, 4) is 0 Å². The zero-order valence-corrected chi connectivity index (χ0v) is 15.5. The van der Waals surface area contributed by atoms with Crippen LogP contribution in [-0.4, -0.2) is 79.5 Å². The minimum atomic E-state index is -2.66. The topological polar surface area (TPSA) is 88.2 Å². The molecule has 4 rings (SSSR count). The number of amidine groups is 1. The van der Waals surface area contributed by atoms with Crippen molar-refractivity contribution in [2.45, 2.75) is 12.7 Å². The standard InChI is InChI=1S/C18H24F2N6O2/c19-17(20)12-9-15(21)22-11-13(12)14-10-16(25-1-5-27-6-2-25)24-18(23-14)26-3-7-28-8-4-26/h9-11,17-18,23H,1-8H2,(H2,21,22). The summed E-state index contributed by atoms with van der Waals surface area (Å²) >= 11 is 0. The highest BCUT2D eigenvalue weighted by Gasteiger charge is 2.29. The summed E-state index contributed by atoms with van der Waals surface area (Å²) in [7, 11) is 0. The number of pyridine rings is 1. The minimum Gasteiger partial charge on any atom is -0.384 e. The van der Waals surface area contributed by atoms with E-state index in [0.29, 0.717) is 63.9 Å². The van der Waals surface area contributed by atoms with E-state index in [9.17, 15) is 8.78 Å². The largest absolute Gasteiger partial charge is 0.384 e. The maximum absolute atomic E-state index is 13.6. The Balaban J connectivity index is 1.69. The molecule has 0 saturated carbocycles. The van der Waals surface area contributed by atoms with Gasteiger partial charge in [-0.25, -0.2) is 18.8 Å². The van der Waals surface area contributed by atoms with E-state index in [1.165, 1.54) is 12.3 Å². The first-order valence-electron chi connectivity index (χ1n) is 9.36. The van der Waals surface area contributed by atoms with Gasteiger partial charge < -0.3 is 25.4 Å². The maximum Gasteiger partial charge on any atom is 0.264 e. The molecule has 4 heterocycles. The number of morpholine rings is 2. The average molecular weight is 394 g/mol. The molecule has 3 aliphatic rings. The number of nitrogens with zero attached hydrogens (tertiary/aromatic N) is 4. The fraction of sp³-hybridized carbons (Fsp3) is 0.556. The molecule has 2 saturated heterocycles. The Labute approximate surface area is 162 Å². The first-order valence-corrected chi connectivity index (χ1v) is 9.36. The van der Waals surface area contributed by atoms with Gasteiger partial charge in [0.25, 0.3) is 6.43 Å². The molecule has 152 valence electrons. The SMILES string of the molecule is Nc1cc(C(F)F)c(C2=CC(N3CCOCC3)=NC(N3CCOCC3)N2)cn1. The van der Waals surface area contributed by atoms with E-state index in [4.69, 9.17) is 20.2 Å². The Kier molecular flexibility index (Phi) is 5.69. The lowest BCUT2D eigenvalue weighted by molar-refractivity contribution is 0.0136. The Bertz CT molecular complexity index is 760. The van der Waals surface area contributed by atoms with E-state index in [1.807, 2.05) is 0 Å². The zero-order valence-electron chi connectivity index (χ0n) is 15.5. The van der Waals surface area contributed by atoms with E-state index in [2.05, 4.69) is 20.1 Å². The van der Waals surface area contributed by atoms with Gasteiger partial charge in [0.05, 0.1) is 26.4 Å². The summed E-state index contributed by atoms with van der Waals surface area (Å²) in [5, 5.41) is 3.30. The van der Waals surface area contributed by atoms with Gasteiger partial charge in [-0.1, -0.05) is 0 Å². The molecule has 28 heavy (non-hydrogen) atoms. The number of nitrogen functional groups attached to an aromatic ring is 1. The number of ether oxygens (including phenoxy) is 2. The molecule has 0 radical (unpaired) electrons. The van der Waals surface area contributed by atoms with Crippen molar-refractivity contribution in [1.29, 1.82) is 0 Å². The van der Waals surface area contributed by atoms with E-state index in [0.717, 1.165) is 5.84 Å². The summed E-state index contributed by atoms with van der Waals surface area (Å²) in [6, 6.07) is 1.23. The monoisotopic (exact) mass is 394 g/mol. The number of anilines is 1. The number of rotatable bonds is 3. The third kappa shape index (κ3) is 4.08. The number of halogens is 2. The van der Waals surface area contributed by atoms with E-state index in [-0.39, 0.29) is 17.7 Å². The number of nitrogens with one attached hydrogen (secondary N) is 1. The molecule has 0 spiro atoms. The smallest absolute Gasteiger partial charge is 0.264 e. The van der Waals surface area contributed by atoms with Crippen molar-refractivity contribution in [2.75, 3.05) is 58.3 Å². The Morgan fingerprint density at radius 2 is 1.79 bits per heavy atom. The fourth-order valence-electron chi connectivity index (χ4n) is 3.51. The molecular formula is C18H24F2N6O2. The molecule has 3 N–H and O–H groups in total. The fourth-order valence-corrected chi connectivity index (χ4v) is 3.51. The van der Waals surface area contributed by atoms with Crippen LogP contribution in [0.3, 0.4) is 0 Å². The van der Waals surface area contributed by atoms with Crippen LogP contribution in [-0.2, 0) is 9.47 Å². The molecule has 1 aromatic rings. The van der Waals surface area contributed by atoms with Crippen molar-refractivity contribution < 1.29 is 18.3 Å². The number of nitrogens with two attached hydrogens (primary N) is 1. The summed E-state index contributed by atoms with van der Waals surface area (Å²) in [5.74, 6) is 0.827. The van der Waals surface area contributed by atoms with Gasteiger partial charge in [0, 0.05) is 55.3 Å². The first kappa shape index (κ1) is 19.0. The molecule has 0 aromatic carbocycles. The van der Waals surface area contributed by atoms with Crippen LogP contribution in [0.4, 0.5) is 14.6 Å². The number of hydrogen-bond acceptors (Lipinski definition) is 8. The molecule has 0 aliphatic carbocycles. The highest BCUT2D eigenvalue weighted by atomic mass is 19.3. The molecule has 1 atom stereocenters. The van der Waals surface area contributed by atoms with Crippen molar-refractivity contribution in [3.63, 3.8) is 0 Å². The van der Waals surface area contributed by atoms with Crippen LogP contribution in [0.5, 0.6) is 0 Å². The van der Waals surface area contributed by atoms with Gasteiger partial charge in [-0.3, -0.25) is 4.90 Å². The lowest BCUT2D eigenvalue weighted by Crippen LogP contribution is -2.52. The summed E-state index contributed by atoms with van der Waals surface area (Å²) in [5.41, 5.74) is 6.39. The molecular weight excluding hydrogens is 370 g/mol. The second kappa shape index (κ2) is 8.38. The summed E-state index contributed by atoms with van der Waals surface area (Å²) in [4.78, 5) is 13.1. The van der Waals surface area contributed by atoms with Crippen molar-refractivity contribution in [1.82, 2.24) is 20.1 Å². The highest BCUT2D eigenvalue weighted by molar-refractivity contribution is 6.00. The van der Waals surface area contributed by atoms with Gasteiger partial charge >= 0.3 is 0 Å². The van der Waals surface area contributed by atoms with E-state index in [1.54, 1.807) is 6.08 Å². The van der Waals surface area contributed by atoms with Gasteiger partial charge in [0.15, 0.2) is 6.29 Å². The second-order valence-electron chi connectivity index (χ2n) is 6.81. The molecule has 1 unspecified atom stereocenters. The lowest BCUT2D eigenvalue weighted by atomic mass is 10.1. The quantitative estimate of drug-likeness (QED) is 0.787. The third-order valence-corrected chi connectivity index (χ3v) is 5.02. The minimum absolute atomic E-state index is 0.0715. The van der Waals surface area contributed by atoms with Gasteiger partial charge in [-0.2, -0.15) is 0 Å². The average Bonchev–Trinajstić information content (AvgIpc) is 2.74. The van der Waals surface area contributed by atoms with Crippen LogP contribution < -0.4 is 11.1 Å². The van der Waals surface area contributed by atoms with Crippen LogP contribution in [0.25, 0.3) is 5.70 Å². The first-order chi connectivity index (χ1) is 13.6. The van der Waals surface area contributed by atoms with Gasteiger partial charge in [0.2, 0.25) is 0 Å². The zero-order chi connectivity index (χ0) is 19.5. The molecule has 10 heteroatoms. The van der Waals surface area contributed by atoms with Crippen molar-refractivity contribution in [2.24, 2.45) is 4.99 Å². The summed E-state index contributed by atoms with van der Waals surface area (Å²) < 4.78 is 38.1. The van der Waals surface area contributed by atoms with E-state index < -0.39 is 6.43 Å². The molecule has 3 aliphatic heterocycles. The van der Waals surface area contributed by atoms with Crippen LogP contribution in [0.2, 0.25) is 0 Å². The molecule has 0 amide bonds. The predicted octanol–water partition coefficient (Wildman–Crippen LogP) is 0.892. The Morgan fingerprint density at radius 1 is 1.11 bits per heavy atom. The van der Waals surface area contributed by atoms with Gasteiger partial charge in [-0.15, -0.1) is 0 Å². The van der Waals surface area contributed by atoms with Crippen LogP contribution in [0.1, 0.15) is 17.6 Å². The summed E-state index contributed by atoms with van der Waals surface area (Å²) in [6.45, 7) is 5.31. The molecule has 0 bridgehead atoms. The Morgan fingerprint density at radius 3 is 2.46 bits per heavy atom. The van der Waals surface area contributed by atoms with Crippen LogP contribution in [0.15, 0.2) is 23.3 Å². The second-order valence-corrected chi connectivity index (χ2v) is 6.81. The third-order valence-electron chi connectivity index (χ3n) is 5.02. The normalized spacial score (nSPS) is 24.0. The maximum atomic E-state index is 13.6. The van der Waals surface area contributed by atoms with Crippen LogP contribution in [0, 0.1) is 0 Å². The molecule has 2 fully saturated rings. The predicted molar refractivity (Wildman–Crippen MR) is 101 cm³/mol.